The third-order valence-electron chi connectivity index (χ3n) is 3.01. The van der Waals surface area contributed by atoms with Gasteiger partial charge in [0.1, 0.15) is 0 Å². The van der Waals surface area contributed by atoms with Crippen LogP contribution in [0.25, 0.3) is 0 Å². The van der Waals surface area contributed by atoms with Crippen LogP contribution in [0, 0.1) is 13.8 Å². The smallest absolute Gasteiger partial charge is 0.151 e. The molecule has 1 atom stereocenters. The van der Waals surface area contributed by atoms with Gasteiger partial charge in [-0.1, -0.05) is 0 Å². The van der Waals surface area contributed by atoms with Crippen molar-refractivity contribution in [3.63, 3.8) is 0 Å². The minimum Gasteiger partial charge on any atom is -0.347 e. The van der Waals surface area contributed by atoms with Crippen molar-refractivity contribution in [3.8, 4) is 0 Å². The molecule has 1 aromatic heterocycles. The number of carbonyl (C=O) groups is 1. The van der Waals surface area contributed by atoms with E-state index in [-0.39, 0.29) is 0 Å². The maximum Gasteiger partial charge on any atom is 0.151 e. The molecule has 0 amide bonds. The number of nitrogens with zero attached hydrogens (tertiary/aromatic N) is 1. The molecule has 1 unspecified atom stereocenters. The Morgan fingerprint density at radius 1 is 1.50 bits per heavy atom. The largest absolute Gasteiger partial charge is 0.347 e. The molecule has 1 aliphatic heterocycles. The van der Waals surface area contributed by atoms with Crippen molar-refractivity contribution in [1.82, 2.24) is 4.57 Å². The zero-order chi connectivity index (χ0) is 11.5. The Balaban J connectivity index is 2.13. The Hall–Kier alpha value is -0.350. The van der Waals surface area contributed by atoms with E-state index in [0.717, 1.165) is 24.1 Å². The molecular formula is C12H17NOS2. The number of carbonyl (C=O) groups excluding carboxylic acids is 1. The van der Waals surface area contributed by atoms with E-state index < -0.39 is 0 Å². The zero-order valence-electron chi connectivity index (χ0n) is 9.73. The van der Waals surface area contributed by atoms with E-state index in [1.165, 1.54) is 23.0 Å². The van der Waals surface area contributed by atoms with Crippen LogP contribution in [0.15, 0.2) is 6.07 Å². The Bertz CT molecular complexity index is 381. The second-order valence-corrected chi connectivity index (χ2v) is 6.68. The third-order valence-corrected chi connectivity index (χ3v) is 5.84. The van der Waals surface area contributed by atoms with E-state index in [0.29, 0.717) is 5.25 Å². The van der Waals surface area contributed by atoms with Gasteiger partial charge in [-0.25, -0.2) is 0 Å². The Kier molecular flexibility index (Phi) is 4.03. The van der Waals surface area contributed by atoms with Gasteiger partial charge in [-0.3, -0.25) is 4.79 Å². The van der Waals surface area contributed by atoms with Gasteiger partial charge in [0, 0.05) is 46.0 Å². The molecule has 0 spiro atoms. The average molecular weight is 255 g/mol. The monoisotopic (exact) mass is 255 g/mol. The topological polar surface area (TPSA) is 22.0 Å². The molecule has 0 N–H and O–H groups in total. The summed E-state index contributed by atoms with van der Waals surface area (Å²) < 4.78 is 2.28. The molecule has 1 saturated heterocycles. The number of aryl methyl sites for hydroxylation is 1. The van der Waals surface area contributed by atoms with Crippen molar-refractivity contribution < 1.29 is 4.79 Å². The van der Waals surface area contributed by atoms with Crippen LogP contribution in [0.3, 0.4) is 0 Å². The number of aldehydes is 1. The van der Waals surface area contributed by atoms with Gasteiger partial charge in [-0.05, 0) is 19.9 Å². The van der Waals surface area contributed by atoms with Crippen molar-refractivity contribution in [2.45, 2.75) is 25.6 Å². The maximum absolute atomic E-state index is 10.9. The minimum absolute atomic E-state index is 0.697. The highest BCUT2D eigenvalue weighted by molar-refractivity contribution is 8.06. The van der Waals surface area contributed by atoms with Crippen molar-refractivity contribution in [1.29, 1.82) is 0 Å². The Labute approximate surface area is 105 Å². The van der Waals surface area contributed by atoms with Crippen LogP contribution < -0.4 is 0 Å². The molecule has 0 bridgehead atoms. The molecule has 0 radical (unpaired) electrons. The number of rotatable bonds is 3. The van der Waals surface area contributed by atoms with Gasteiger partial charge >= 0.3 is 0 Å². The summed E-state index contributed by atoms with van der Waals surface area (Å²) in [6, 6.07) is 1.99. The van der Waals surface area contributed by atoms with Crippen LogP contribution in [0.1, 0.15) is 21.7 Å². The van der Waals surface area contributed by atoms with Gasteiger partial charge in [0.25, 0.3) is 0 Å². The van der Waals surface area contributed by atoms with Crippen molar-refractivity contribution in [3.05, 3.63) is 23.0 Å². The fraction of sp³-hybridized carbons (Fsp3) is 0.583. The summed E-state index contributed by atoms with van der Waals surface area (Å²) in [4.78, 5) is 10.9. The molecule has 0 aromatic carbocycles. The summed E-state index contributed by atoms with van der Waals surface area (Å²) >= 11 is 4.11. The molecule has 2 nitrogen and oxygen atoms in total. The molecule has 16 heavy (non-hydrogen) atoms. The van der Waals surface area contributed by atoms with Crippen molar-refractivity contribution >= 4 is 29.8 Å². The second-order valence-electron chi connectivity index (χ2n) is 4.12. The molecular weight excluding hydrogens is 238 g/mol. The van der Waals surface area contributed by atoms with Crippen LogP contribution >= 0.6 is 23.5 Å². The van der Waals surface area contributed by atoms with E-state index in [4.69, 9.17) is 0 Å². The summed E-state index contributed by atoms with van der Waals surface area (Å²) in [5.74, 6) is 3.78. The Morgan fingerprint density at radius 2 is 2.31 bits per heavy atom. The van der Waals surface area contributed by atoms with E-state index in [1.54, 1.807) is 0 Å². The lowest BCUT2D eigenvalue weighted by molar-refractivity contribution is 0.112. The molecule has 0 aliphatic carbocycles. The molecule has 0 saturated carbocycles. The normalized spacial score (nSPS) is 21.0. The lowest BCUT2D eigenvalue weighted by Crippen LogP contribution is -2.21. The number of thioether (sulfide) groups is 2. The van der Waals surface area contributed by atoms with Crippen LogP contribution in [-0.4, -0.2) is 33.4 Å². The fourth-order valence-electron chi connectivity index (χ4n) is 2.07. The summed E-state index contributed by atoms with van der Waals surface area (Å²) in [5.41, 5.74) is 3.16. The Morgan fingerprint density at radius 3 is 2.88 bits per heavy atom. The molecule has 1 aromatic rings. The van der Waals surface area contributed by atoms with E-state index in [2.05, 4.69) is 23.3 Å². The van der Waals surface area contributed by atoms with Gasteiger partial charge in [-0.15, -0.1) is 0 Å². The van der Waals surface area contributed by atoms with E-state index in [9.17, 15) is 4.79 Å². The van der Waals surface area contributed by atoms with Crippen molar-refractivity contribution in [2.24, 2.45) is 0 Å². The van der Waals surface area contributed by atoms with E-state index >= 15 is 0 Å². The lowest BCUT2D eigenvalue weighted by Gasteiger charge is -2.23. The first-order valence-corrected chi connectivity index (χ1v) is 7.74. The molecule has 1 aliphatic rings. The molecule has 2 heterocycles. The highest BCUT2D eigenvalue weighted by atomic mass is 32.2. The third kappa shape index (κ3) is 2.48. The quantitative estimate of drug-likeness (QED) is 0.775. The minimum atomic E-state index is 0.697. The number of aromatic nitrogens is 1. The second kappa shape index (κ2) is 5.32. The standard InChI is InChI=1S/C12H17NOS2/c1-9-5-11(7-14)10(2)13(9)6-12-8-15-3-4-16-12/h5,7,12H,3-4,6,8H2,1-2H3. The fourth-order valence-corrected chi connectivity index (χ4v) is 4.73. The molecule has 4 heteroatoms. The van der Waals surface area contributed by atoms with Gasteiger partial charge in [-0.2, -0.15) is 23.5 Å². The highest BCUT2D eigenvalue weighted by Gasteiger charge is 2.17. The summed E-state index contributed by atoms with van der Waals surface area (Å²) in [6.45, 7) is 5.17. The van der Waals surface area contributed by atoms with Gasteiger partial charge < -0.3 is 4.57 Å². The van der Waals surface area contributed by atoms with Gasteiger partial charge in [0.15, 0.2) is 6.29 Å². The van der Waals surface area contributed by atoms with Gasteiger partial charge in [0.05, 0.1) is 0 Å². The van der Waals surface area contributed by atoms with Crippen molar-refractivity contribution in [2.75, 3.05) is 17.3 Å². The van der Waals surface area contributed by atoms with Crippen LogP contribution in [0.2, 0.25) is 0 Å². The van der Waals surface area contributed by atoms with Crippen LogP contribution in [-0.2, 0) is 6.54 Å². The maximum atomic E-state index is 10.9. The summed E-state index contributed by atoms with van der Waals surface area (Å²) in [6.07, 6.45) is 0.960. The molecule has 2 rings (SSSR count). The molecule has 88 valence electrons. The van der Waals surface area contributed by atoms with Crippen LogP contribution in [0.5, 0.6) is 0 Å². The predicted octanol–water partition coefficient (Wildman–Crippen LogP) is 2.77. The molecule has 1 fully saturated rings. The first-order valence-electron chi connectivity index (χ1n) is 5.53. The predicted molar refractivity (Wildman–Crippen MR) is 72.9 cm³/mol. The average Bonchev–Trinajstić information content (AvgIpc) is 2.58. The first-order chi connectivity index (χ1) is 7.72. The van der Waals surface area contributed by atoms with E-state index in [1.807, 2.05) is 24.8 Å². The van der Waals surface area contributed by atoms with Gasteiger partial charge in [0.2, 0.25) is 0 Å². The first kappa shape index (κ1) is 12.1. The highest BCUT2D eigenvalue weighted by Crippen LogP contribution is 2.26. The number of hydrogen-bond acceptors (Lipinski definition) is 3. The zero-order valence-corrected chi connectivity index (χ0v) is 11.4. The SMILES string of the molecule is Cc1cc(C=O)c(C)n1CC1CSCCS1. The lowest BCUT2D eigenvalue weighted by atomic mass is 10.3. The van der Waals surface area contributed by atoms with Crippen LogP contribution in [0.4, 0.5) is 0 Å². The summed E-state index contributed by atoms with van der Waals surface area (Å²) in [5, 5.41) is 0.697. The summed E-state index contributed by atoms with van der Waals surface area (Å²) in [7, 11) is 0. The number of hydrogen-bond donors (Lipinski definition) is 0.